The van der Waals surface area contributed by atoms with Crippen molar-refractivity contribution in [1.29, 1.82) is 0 Å². The number of nitrogens with one attached hydrogen (secondary N) is 2. The summed E-state index contributed by atoms with van der Waals surface area (Å²) < 4.78 is 16.3. The van der Waals surface area contributed by atoms with Gasteiger partial charge in [-0.1, -0.05) is 6.07 Å². The molecule has 0 fully saturated rings. The number of H-pyrrole nitrogens is 1. The third-order valence-electron chi connectivity index (χ3n) is 4.49. The molecule has 1 amide bonds. The van der Waals surface area contributed by atoms with Crippen molar-refractivity contribution in [2.24, 2.45) is 0 Å². The molecule has 2 N–H and O–H groups in total. The predicted octanol–water partition coefficient (Wildman–Crippen LogP) is 1.13. The minimum absolute atomic E-state index is 0.0266. The molecule has 0 aliphatic carbocycles. The highest BCUT2D eigenvalue weighted by Crippen LogP contribution is 2.32. The number of anilines is 1. The lowest BCUT2D eigenvalue weighted by atomic mass is 10.2. The Morgan fingerprint density at radius 1 is 1.28 bits per heavy atom. The Morgan fingerprint density at radius 2 is 2.09 bits per heavy atom. The maximum Gasteiger partial charge on any atom is 0.328 e. The van der Waals surface area contributed by atoms with Crippen molar-refractivity contribution in [1.82, 2.24) is 14.5 Å². The molecule has 1 aromatic carbocycles. The molecule has 32 heavy (non-hydrogen) atoms. The van der Waals surface area contributed by atoms with Crippen molar-refractivity contribution in [3.63, 3.8) is 0 Å². The van der Waals surface area contributed by atoms with E-state index >= 15 is 0 Å². The SMILES string of the molecule is CCOC(=O)Cc1csc(NC(=O)c2c[nH]c(=O)n(Cc3ccc4c(c3)OCO4)c2=O)n1. The van der Waals surface area contributed by atoms with Crippen LogP contribution in [-0.2, 0) is 22.5 Å². The molecule has 2 aromatic heterocycles. The Kier molecular flexibility index (Phi) is 6.03. The van der Waals surface area contributed by atoms with Gasteiger partial charge in [0, 0.05) is 11.6 Å². The van der Waals surface area contributed by atoms with E-state index in [2.05, 4.69) is 15.3 Å². The van der Waals surface area contributed by atoms with E-state index in [1.54, 1.807) is 30.5 Å². The zero-order valence-electron chi connectivity index (χ0n) is 16.9. The molecule has 0 unspecified atom stereocenters. The van der Waals surface area contributed by atoms with E-state index < -0.39 is 23.1 Å². The van der Waals surface area contributed by atoms with Gasteiger partial charge in [-0.2, -0.15) is 0 Å². The molecule has 4 rings (SSSR count). The van der Waals surface area contributed by atoms with Crippen LogP contribution in [0.25, 0.3) is 0 Å². The zero-order valence-corrected chi connectivity index (χ0v) is 17.7. The molecule has 3 heterocycles. The third kappa shape index (κ3) is 4.54. The number of hydrogen-bond donors (Lipinski definition) is 2. The Labute approximate surface area is 184 Å². The van der Waals surface area contributed by atoms with Crippen LogP contribution in [0.5, 0.6) is 11.5 Å². The molecule has 0 radical (unpaired) electrons. The van der Waals surface area contributed by atoms with Crippen LogP contribution >= 0.6 is 11.3 Å². The summed E-state index contributed by atoms with van der Waals surface area (Å²) in [6.07, 6.45) is 1.03. The molecule has 12 heteroatoms. The van der Waals surface area contributed by atoms with Crippen LogP contribution in [0.4, 0.5) is 5.13 Å². The molecular weight excluding hydrogens is 440 g/mol. The van der Waals surface area contributed by atoms with E-state index in [1.165, 1.54) is 0 Å². The molecular formula is C20H18N4O7S. The number of nitrogens with zero attached hydrogens (tertiary/aromatic N) is 2. The van der Waals surface area contributed by atoms with E-state index in [9.17, 15) is 19.2 Å². The minimum atomic E-state index is -0.757. The van der Waals surface area contributed by atoms with Crippen molar-refractivity contribution in [2.75, 3.05) is 18.7 Å². The van der Waals surface area contributed by atoms with E-state index in [1.807, 2.05) is 0 Å². The summed E-state index contributed by atoms with van der Waals surface area (Å²) in [6.45, 7) is 2.01. The Hall–Kier alpha value is -3.93. The van der Waals surface area contributed by atoms with Gasteiger partial charge in [-0.25, -0.2) is 9.78 Å². The molecule has 0 atom stereocenters. The quantitative estimate of drug-likeness (QED) is 0.502. The Bertz CT molecular complexity index is 1290. The summed E-state index contributed by atoms with van der Waals surface area (Å²) in [5.41, 5.74) is -0.608. The van der Waals surface area contributed by atoms with Crippen LogP contribution in [0.2, 0.25) is 0 Å². The van der Waals surface area contributed by atoms with Crippen molar-refractivity contribution in [3.05, 3.63) is 67.4 Å². The van der Waals surface area contributed by atoms with Gasteiger partial charge >= 0.3 is 11.7 Å². The molecule has 1 aliphatic heterocycles. The van der Waals surface area contributed by atoms with Crippen molar-refractivity contribution in [2.45, 2.75) is 19.9 Å². The van der Waals surface area contributed by atoms with Gasteiger partial charge in [-0.15, -0.1) is 11.3 Å². The largest absolute Gasteiger partial charge is 0.466 e. The van der Waals surface area contributed by atoms with Gasteiger partial charge in [0.2, 0.25) is 6.79 Å². The smallest absolute Gasteiger partial charge is 0.328 e. The minimum Gasteiger partial charge on any atom is -0.466 e. The van der Waals surface area contributed by atoms with Crippen LogP contribution in [0, 0.1) is 0 Å². The second-order valence-electron chi connectivity index (χ2n) is 6.67. The predicted molar refractivity (Wildman–Crippen MR) is 113 cm³/mol. The average Bonchev–Trinajstić information content (AvgIpc) is 3.40. The first-order chi connectivity index (χ1) is 15.4. The van der Waals surface area contributed by atoms with E-state index in [0.29, 0.717) is 22.8 Å². The first-order valence-electron chi connectivity index (χ1n) is 9.57. The van der Waals surface area contributed by atoms with Crippen LogP contribution in [-0.4, -0.2) is 39.8 Å². The van der Waals surface area contributed by atoms with E-state index in [4.69, 9.17) is 14.2 Å². The maximum atomic E-state index is 12.8. The highest BCUT2D eigenvalue weighted by molar-refractivity contribution is 7.14. The van der Waals surface area contributed by atoms with Crippen LogP contribution in [0.15, 0.2) is 39.4 Å². The first-order valence-corrected chi connectivity index (χ1v) is 10.4. The lowest BCUT2D eigenvalue weighted by Gasteiger charge is -2.08. The molecule has 0 bridgehead atoms. The number of fused-ring (bicyclic) bond motifs is 1. The number of rotatable bonds is 7. The number of amides is 1. The van der Waals surface area contributed by atoms with Crippen molar-refractivity contribution < 1.29 is 23.8 Å². The van der Waals surface area contributed by atoms with Gasteiger partial charge in [-0.3, -0.25) is 24.3 Å². The monoisotopic (exact) mass is 458 g/mol. The molecule has 0 saturated heterocycles. The second-order valence-corrected chi connectivity index (χ2v) is 7.52. The van der Waals surface area contributed by atoms with Gasteiger partial charge in [0.15, 0.2) is 16.6 Å². The fourth-order valence-corrected chi connectivity index (χ4v) is 3.71. The fourth-order valence-electron chi connectivity index (χ4n) is 3.01. The standard InChI is InChI=1S/C20H18N4O7S/c1-2-29-16(25)6-12-9-32-19(22-12)23-17(26)13-7-21-20(28)24(18(13)27)8-11-3-4-14-15(5-11)31-10-30-14/h3-5,7,9H,2,6,8,10H2,1H3,(H,21,28)(H,22,23,26). The third-order valence-corrected chi connectivity index (χ3v) is 5.29. The topological polar surface area (TPSA) is 142 Å². The van der Waals surface area contributed by atoms with Gasteiger partial charge in [0.25, 0.3) is 11.5 Å². The lowest BCUT2D eigenvalue weighted by molar-refractivity contribution is -0.142. The van der Waals surface area contributed by atoms with Crippen LogP contribution < -0.4 is 26.0 Å². The van der Waals surface area contributed by atoms with Gasteiger partial charge in [0.05, 0.1) is 25.3 Å². The van der Waals surface area contributed by atoms with Gasteiger partial charge in [-0.05, 0) is 24.6 Å². The molecule has 1 aliphatic rings. The number of thiazole rings is 1. The Balaban J connectivity index is 1.51. The average molecular weight is 458 g/mol. The summed E-state index contributed by atoms with van der Waals surface area (Å²) in [5.74, 6) is -0.0670. The number of carbonyl (C=O) groups excluding carboxylic acids is 2. The highest BCUT2D eigenvalue weighted by atomic mass is 32.1. The normalized spacial score (nSPS) is 11.9. The maximum absolute atomic E-state index is 12.8. The van der Waals surface area contributed by atoms with Crippen molar-refractivity contribution in [3.8, 4) is 11.5 Å². The fraction of sp³-hybridized carbons (Fsp3) is 0.250. The Morgan fingerprint density at radius 3 is 2.91 bits per heavy atom. The summed E-state index contributed by atoms with van der Waals surface area (Å²) in [6, 6.07) is 5.05. The highest BCUT2D eigenvalue weighted by Gasteiger charge is 2.18. The van der Waals surface area contributed by atoms with Gasteiger partial charge in [0.1, 0.15) is 5.56 Å². The number of esters is 1. The number of hydrogen-bond acceptors (Lipinski definition) is 9. The molecule has 3 aromatic rings. The van der Waals surface area contributed by atoms with E-state index in [-0.39, 0.29) is 37.1 Å². The van der Waals surface area contributed by atoms with E-state index in [0.717, 1.165) is 22.1 Å². The summed E-state index contributed by atoms with van der Waals surface area (Å²) in [7, 11) is 0. The molecule has 11 nitrogen and oxygen atoms in total. The van der Waals surface area contributed by atoms with Crippen LogP contribution in [0.3, 0.4) is 0 Å². The molecule has 166 valence electrons. The second kappa shape index (κ2) is 9.06. The summed E-state index contributed by atoms with van der Waals surface area (Å²) in [4.78, 5) is 55.8. The lowest BCUT2D eigenvalue weighted by Crippen LogP contribution is -2.39. The number of ether oxygens (including phenoxy) is 3. The molecule has 0 spiro atoms. The number of aromatic amines is 1. The first kappa shape index (κ1) is 21.3. The number of aromatic nitrogens is 3. The molecule has 0 saturated carbocycles. The summed E-state index contributed by atoms with van der Waals surface area (Å²) >= 11 is 1.10. The zero-order chi connectivity index (χ0) is 22.7. The van der Waals surface area contributed by atoms with Gasteiger partial charge < -0.3 is 19.2 Å². The summed E-state index contributed by atoms with van der Waals surface area (Å²) in [5, 5.41) is 4.33. The van der Waals surface area contributed by atoms with Crippen molar-refractivity contribution >= 4 is 28.3 Å². The number of benzene rings is 1. The number of carbonyl (C=O) groups is 2. The van der Waals surface area contributed by atoms with Crippen LogP contribution in [0.1, 0.15) is 28.5 Å².